The highest BCUT2D eigenvalue weighted by molar-refractivity contribution is 5.93. The van der Waals surface area contributed by atoms with Crippen LogP contribution in [0.25, 0.3) is 0 Å². The van der Waals surface area contributed by atoms with Crippen molar-refractivity contribution in [3.05, 3.63) is 47.8 Å². The number of imidazole rings is 1. The number of halogens is 6. The van der Waals surface area contributed by atoms with E-state index in [9.17, 15) is 31.1 Å². The standard InChI is InChI=1S/C17H21N5O.2C2HF3O2/c23-17(14-4-3-5-18-10-14)22-9-8-21-12-15(19-16(21)13-22)11-20-6-1-2-7-20;2*3-2(4,5)1(6)7/h3-5,10,12H,1-2,6-9,11,13H2;2*(H,6,7). The minimum Gasteiger partial charge on any atom is -0.475 e. The topological polar surface area (TPSA) is 129 Å². The lowest BCUT2D eigenvalue weighted by atomic mass is 10.2. The second kappa shape index (κ2) is 12.5. The summed E-state index contributed by atoms with van der Waals surface area (Å²) in [7, 11) is 0. The van der Waals surface area contributed by atoms with Crippen molar-refractivity contribution in [1.29, 1.82) is 0 Å². The van der Waals surface area contributed by atoms with E-state index >= 15 is 0 Å². The molecular formula is C21H23F6N5O5. The van der Waals surface area contributed by atoms with Crippen LogP contribution in [0.2, 0.25) is 0 Å². The zero-order valence-corrected chi connectivity index (χ0v) is 19.2. The highest BCUT2D eigenvalue weighted by Crippen LogP contribution is 2.18. The van der Waals surface area contributed by atoms with E-state index in [1.807, 2.05) is 11.0 Å². The molecule has 4 heterocycles. The number of rotatable bonds is 3. The first-order chi connectivity index (χ1) is 17.2. The number of aliphatic carboxylic acids is 2. The molecule has 4 rings (SSSR count). The molecule has 0 aliphatic carbocycles. The second-order valence-corrected chi connectivity index (χ2v) is 7.90. The van der Waals surface area contributed by atoms with Crippen LogP contribution in [0.3, 0.4) is 0 Å². The number of aromatic nitrogens is 3. The summed E-state index contributed by atoms with van der Waals surface area (Å²) < 4.78 is 65.7. The Kier molecular flexibility index (Phi) is 9.99. The van der Waals surface area contributed by atoms with Gasteiger partial charge in [-0.05, 0) is 38.1 Å². The fraction of sp³-hybridized carbons (Fsp3) is 0.476. The van der Waals surface area contributed by atoms with Gasteiger partial charge < -0.3 is 19.7 Å². The number of carboxylic acids is 2. The molecule has 1 fully saturated rings. The predicted molar refractivity (Wildman–Crippen MR) is 113 cm³/mol. The number of likely N-dealkylation sites (tertiary alicyclic amines) is 1. The molecule has 1 saturated heterocycles. The van der Waals surface area contributed by atoms with Crippen LogP contribution in [0, 0.1) is 0 Å². The first-order valence-electron chi connectivity index (χ1n) is 10.7. The van der Waals surface area contributed by atoms with Crippen molar-refractivity contribution in [2.45, 2.75) is 44.8 Å². The van der Waals surface area contributed by atoms with Gasteiger partial charge in [-0.3, -0.25) is 14.7 Å². The second-order valence-electron chi connectivity index (χ2n) is 7.90. The Morgan fingerprint density at radius 1 is 0.919 bits per heavy atom. The van der Waals surface area contributed by atoms with Crippen LogP contribution in [-0.2, 0) is 29.2 Å². The van der Waals surface area contributed by atoms with Gasteiger partial charge in [0.2, 0.25) is 0 Å². The van der Waals surface area contributed by atoms with Gasteiger partial charge in [-0.2, -0.15) is 26.3 Å². The predicted octanol–water partition coefficient (Wildman–Crippen LogP) is 2.80. The van der Waals surface area contributed by atoms with E-state index in [1.165, 1.54) is 25.9 Å². The van der Waals surface area contributed by atoms with E-state index in [0.717, 1.165) is 31.2 Å². The Labute approximate surface area is 206 Å². The Morgan fingerprint density at radius 2 is 1.49 bits per heavy atom. The zero-order valence-electron chi connectivity index (χ0n) is 19.2. The van der Waals surface area contributed by atoms with Crippen LogP contribution in [-0.4, -0.2) is 84.4 Å². The Hall–Kier alpha value is -3.69. The van der Waals surface area contributed by atoms with Crippen LogP contribution < -0.4 is 0 Å². The van der Waals surface area contributed by atoms with Crippen molar-refractivity contribution in [2.75, 3.05) is 19.6 Å². The van der Waals surface area contributed by atoms with Crippen molar-refractivity contribution >= 4 is 17.8 Å². The van der Waals surface area contributed by atoms with Crippen molar-refractivity contribution in [1.82, 2.24) is 24.3 Å². The third kappa shape index (κ3) is 9.36. The van der Waals surface area contributed by atoms with E-state index < -0.39 is 24.3 Å². The summed E-state index contributed by atoms with van der Waals surface area (Å²) in [6.45, 7) is 5.39. The number of nitrogens with zero attached hydrogens (tertiary/aromatic N) is 5. The number of carbonyl (C=O) groups is 3. The highest BCUT2D eigenvalue weighted by atomic mass is 19.4. The maximum absolute atomic E-state index is 12.5. The zero-order chi connectivity index (χ0) is 27.8. The lowest BCUT2D eigenvalue weighted by Gasteiger charge is -2.27. The van der Waals surface area contributed by atoms with E-state index in [4.69, 9.17) is 24.8 Å². The number of carbonyl (C=O) groups excluding carboxylic acids is 1. The van der Waals surface area contributed by atoms with E-state index in [1.54, 1.807) is 18.5 Å². The molecule has 37 heavy (non-hydrogen) atoms. The fourth-order valence-corrected chi connectivity index (χ4v) is 3.40. The molecule has 2 aromatic rings. The van der Waals surface area contributed by atoms with E-state index in [-0.39, 0.29) is 5.91 Å². The molecule has 0 aromatic carbocycles. The van der Waals surface area contributed by atoms with E-state index in [0.29, 0.717) is 12.1 Å². The fourth-order valence-electron chi connectivity index (χ4n) is 3.40. The maximum Gasteiger partial charge on any atom is 0.490 e. The van der Waals surface area contributed by atoms with Gasteiger partial charge in [0.15, 0.2) is 0 Å². The third-order valence-corrected chi connectivity index (χ3v) is 5.12. The summed E-state index contributed by atoms with van der Waals surface area (Å²) in [6, 6.07) is 3.61. The number of fused-ring (bicyclic) bond motifs is 1. The molecule has 10 nitrogen and oxygen atoms in total. The Bertz CT molecular complexity index is 1040. The van der Waals surface area contributed by atoms with Gasteiger partial charge >= 0.3 is 24.3 Å². The van der Waals surface area contributed by atoms with Crippen LogP contribution in [0.5, 0.6) is 0 Å². The number of alkyl halides is 6. The molecule has 16 heteroatoms. The molecule has 0 saturated carbocycles. The smallest absolute Gasteiger partial charge is 0.475 e. The van der Waals surface area contributed by atoms with Crippen LogP contribution in [0.15, 0.2) is 30.7 Å². The summed E-state index contributed by atoms with van der Waals surface area (Å²) in [5, 5.41) is 14.2. The first-order valence-corrected chi connectivity index (χ1v) is 10.7. The van der Waals surface area contributed by atoms with Gasteiger partial charge in [0.05, 0.1) is 17.8 Å². The molecule has 0 unspecified atom stereocenters. The Morgan fingerprint density at radius 3 is 1.97 bits per heavy atom. The van der Waals surface area contributed by atoms with Crippen LogP contribution in [0.4, 0.5) is 26.3 Å². The minimum absolute atomic E-state index is 0.0356. The van der Waals surface area contributed by atoms with Crippen LogP contribution in [0.1, 0.15) is 34.7 Å². The van der Waals surface area contributed by atoms with Crippen molar-refractivity contribution in [3.8, 4) is 0 Å². The molecule has 2 aromatic heterocycles. The van der Waals surface area contributed by atoms with Crippen molar-refractivity contribution in [2.24, 2.45) is 0 Å². The van der Waals surface area contributed by atoms with Gasteiger partial charge in [-0.25, -0.2) is 14.6 Å². The molecule has 204 valence electrons. The van der Waals surface area contributed by atoms with Crippen molar-refractivity contribution < 1.29 is 50.9 Å². The SMILES string of the molecule is O=C(O)C(F)(F)F.O=C(O)C(F)(F)F.O=C(c1cccnc1)N1CCn2cc(CN3CCCC3)nc2C1. The molecule has 0 bridgehead atoms. The van der Waals surface area contributed by atoms with E-state index in [2.05, 4.69) is 20.6 Å². The third-order valence-electron chi connectivity index (χ3n) is 5.12. The van der Waals surface area contributed by atoms with Gasteiger partial charge in [0.25, 0.3) is 5.91 Å². The molecule has 2 aliphatic heterocycles. The Balaban J connectivity index is 0.000000286. The molecule has 0 radical (unpaired) electrons. The number of pyridine rings is 1. The van der Waals surface area contributed by atoms with Gasteiger partial charge in [0.1, 0.15) is 5.82 Å². The molecule has 2 N–H and O–H groups in total. The number of amides is 1. The van der Waals surface area contributed by atoms with Crippen molar-refractivity contribution in [3.63, 3.8) is 0 Å². The summed E-state index contributed by atoms with van der Waals surface area (Å²) in [5.41, 5.74) is 1.77. The summed E-state index contributed by atoms with van der Waals surface area (Å²) in [5.74, 6) is -4.49. The lowest BCUT2D eigenvalue weighted by molar-refractivity contribution is -0.193. The highest BCUT2D eigenvalue weighted by Gasteiger charge is 2.38. The summed E-state index contributed by atoms with van der Waals surface area (Å²) >= 11 is 0. The maximum atomic E-state index is 12.5. The number of hydrogen-bond donors (Lipinski definition) is 2. The molecule has 2 aliphatic rings. The minimum atomic E-state index is -5.08. The van der Waals surface area contributed by atoms with Gasteiger partial charge in [-0.1, -0.05) is 0 Å². The van der Waals surface area contributed by atoms with Gasteiger partial charge in [-0.15, -0.1) is 0 Å². The molecular weight excluding hydrogens is 516 g/mol. The molecule has 0 atom stereocenters. The lowest BCUT2D eigenvalue weighted by Crippen LogP contribution is -2.38. The van der Waals surface area contributed by atoms with Crippen LogP contribution >= 0.6 is 0 Å². The monoisotopic (exact) mass is 539 g/mol. The normalized spacial score (nSPS) is 15.6. The largest absolute Gasteiger partial charge is 0.490 e. The first kappa shape index (κ1) is 29.5. The average molecular weight is 539 g/mol. The number of carboxylic acid groups (broad SMARTS) is 2. The quantitative estimate of drug-likeness (QED) is 0.570. The average Bonchev–Trinajstić information content (AvgIpc) is 3.47. The molecule has 1 amide bonds. The number of hydrogen-bond acceptors (Lipinski definition) is 6. The summed E-state index contributed by atoms with van der Waals surface area (Å²) in [4.78, 5) is 43.4. The van der Waals surface area contributed by atoms with Gasteiger partial charge in [0, 0.05) is 38.2 Å². The summed E-state index contributed by atoms with van der Waals surface area (Å²) in [6.07, 6.45) is -2.12. The molecule has 0 spiro atoms.